The monoisotopic (exact) mass is 319 g/mol. The number of nitrogens with one attached hydrogen (secondary N) is 2. The Bertz CT molecular complexity index is 482. The molecule has 1 aromatic rings. The highest BCUT2D eigenvalue weighted by Crippen LogP contribution is 2.28. The molecule has 5 heteroatoms. The van der Waals surface area contributed by atoms with Crippen molar-refractivity contribution in [1.82, 2.24) is 5.32 Å². The summed E-state index contributed by atoms with van der Waals surface area (Å²) in [5.74, 6) is 2.48. The zero-order valence-electron chi connectivity index (χ0n) is 14.5. The summed E-state index contributed by atoms with van der Waals surface area (Å²) in [7, 11) is 1.77. The van der Waals surface area contributed by atoms with Gasteiger partial charge in [0, 0.05) is 32.5 Å². The lowest BCUT2D eigenvalue weighted by Crippen LogP contribution is -2.31. The number of nitrogens with zero attached hydrogens (tertiary/aromatic N) is 1. The van der Waals surface area contributed by atoms with Crippen molar-refractivity contribution >= 4 is 11.6 Å². The predicted molar refractivity (Wildman–Crippen MR) is 95.4 cm³/mol. The van der Waals surface area contributed by atoms with E-state index in [1.54, 1.807) is 7.05 Å². The molecule has 0 heterocycles. The first-order chi connectivity index (χ1) is 11.2. The molecule has 1 saturated carbocycles. The molecule has 1 aromatic carbocycles. The van der Waals surface area contributed by atoms with Gasteiger partial charge >= 0.3 is 0 Å². The molecule has 2 N–H and O–H groups in total. The Hall–Kier alpha value is -1.75. The molecule has 2 rings (SSSR count). The second kappa shape index (κ2) is 9.40. The molecule has 128 valence electrons. The number of guanidine groups is 1. The molecule has 0 aliphatic heterocycles. The van der Waals surface area contributed by atoms with Crippen molar-refractivity contribution in [2.75, 3.05) is 32.1 Å². The molecular weight excluding hydrogens is 290 g/mol. The fourth-order valence-electron chi connectivity index (χ4n) is 2.12. The predicted octanol–water partition coefficient (Wildman–Crippen LogP) is 3.28. The van der Waals surface area contributed by atoms with Gasteiger partial charge in [0.1, 0.15) is 5.75 Å². The zero-order valence-corrected chi connectivity index (χ0v) is 14.5. The van der Waals surface area contributed by atoms with Crippen molar-refractivity contribution in [2.24, 2.45) is 10.9 Å². The number of aliphatic imine (C=N–C) groups is 1. The van der Waals surface area contributed by atoms with Crippen LogP contribution in [0.4, 0.5) is 5.69 Å². The highest BCUT2D eigenvalue weighted by molar-refractivity contribution is 5.93. The first-order valence-corrected chi connectivity index (χ1v) is 8.49. The van der Waals surface area contributed by atoms with Gasteiger partial charge in [0.25, 0.3) is 0 Å². The third kappa shape index (κ3) is 7.37. The van der Waals surface area contributed by atoms with Crippen LogP contribution in [0.1, 0.15) is 33.1 Å². The van der Waals surface area contributed by atoms with E-state index in [1.807, 2.05) is 38.1 Å². The van der Waals surface area contributed by atoms with E-state index in [-0.39, 0.29) is 6.10 Å². The smallest absolute Gasteiger partial charge is 0.195 e. The Kier molecular flexibility index (Phi) is 7.20. The fraction of sp³-hybridized carbons (Fsp3) is 0.611. The van der Waals surface area contributed by atoms with Gasteiger partial charge < -0.3 is 20.1 Å². The van der Waals surface area contributed by atoms with Crippen molar-refractivity contribution < 1.29 is 9.47 Å². The van der Waals surface area contributed by atoms with Crippen LogP contribution in [0.2, 0.25) is 0 Å². The van der Waals surface area contributed by atoms with Gasteiger partial charge in [-0.25, -0.2) is 0 Å². The number of anilines is 1. The number of ether oxygens (including phenoxy) is 2. The number of hydrogen-bond donors (Lipinski definition) is 2. The minimum atomic E-state index is 0.186. The number of rotatable bonds is 9. The summed E-state index contributed by atoms with van der Waals surface area (Å²) in [5, 5.41) is 6.57. The lowest BCUT2D eigenvalue weighted by atomic mass is 10.3. The Labute approximate surface area is 139 Å². The van der Waals surface area contributed by atoms with E-state index >= 15 is 0 Å². The maximum Gasteiger partial charge on any atom is 0.195 e. The third-order valence-electron chi connectivity index (χ3n) is 3.52. The summed E-state index contributed by atoms with van der Waals surface area (Å²) in [6.45, 7) is 6.62. The summed E-state index contributed by atoms with van der Waals surface area (Å²) in [5.41, 5.74) is 0.985. The lowest BCUT2D eigenvalue weighted by Gasteiger charge is -2.13. The van der Waals surface area contributed by atoms with E-state index in [1.165, 1.54) is 12.8 Å². The van der Waals surface area contributed by atoms with Crippen molar-refractivity contribution in [3.63, 3.8) is 0 Å². The van der Waals surface area contributed by atoms with Crippen molar-refractivity contribution in [3.05, 3.63) is 24.3 Å². The molecule has 5 nitrogen and oxygen atoms in total. The van der Waals surface area contributed by atoms with Gasteiger partial charge in [0.2, 0.25) is 0 Å². The van der Waals surface area contributed by atoms with Crippen LogP contribution >= 0.6 is 0 Å². The number of hydrogen-bond acceptors (Lipinski definition) is 3. The zero-order chi connectivity index (χ0) is 16.5. The van der Waals surface area contributed by atoms with Gasteiger partial charge in [0.15, 0.2) is 5.96 Å². The second-order valence-corrected chi connectivity index (χ2v) is 6.19. The SMILES string of the molecule is CN=C(NCCCOCC1CC1)Nc1ccc(OC(C)C)cc1. The fourth-order valence-corrected chi connectivity index (χ4v) is 2.12. The van der Waals surface area contributed by atoms with E-state index in [9.17, 15) is 0 Å². The molecule has 0 radical (unpaired) electrons. The van der Waals surface area contributed by atoms with Crippen LogP contribution < -0.4 is 15.4 Å². The molecule has 1 aliphatic rings. The summed E-state index contributed by atoms with van der Waals surface area (Å²) >= 11 is 0. The standard InChI is InChI=1S/C18H29N3O2/c1-14(2)23-17-9-7-16(8-10-17)21-18(19-3)20-11-4-12-22-13-15-5-6-15/h7-10,14-15H,4-6,11-13H2,1-3H3,(H2,19,20,21). The quantitative estimate of drug-likeness (QED) is 0.417. The van der Waals surface area contributed by atoms with Crippen LogP contribution in [-0.4, -0.2) is 38.9 Å². The van der Waals surface area contributed by atoms with Crippen molar-refractivity contribution in [1.29, 1.82) is 0 Å². The second-order valence-electron chi connectivity index (χ2n) is 6.19. The van der Waals surface area contributed by atoms with Crippen LogP contribution in [0.15, 0.2) is 29.3 Å². The van der Waals surface area contributed by atoms with Crippen LogP contribution in [0.5, 0.6) is 5.75 Å². The molecule has 0 spiro atoms. The lowest BCUT2D eigenvalue weighted by molar-refractivity contribution is 0.123. The van der Waals surface area contributed by atoms with Crippen LogP contribution in [0.25, 0.3) is 0 Å². The largest absolute Gasteiger partial charge is 0.491 e. The molecule has 23 heavy (non-hydrogen) atoms. The molecule has 0 amide bonds. The maximum absolute atomic E-state index is 5.64. The molecule has 0 unspecified atom stereocenters. The summed E-state index contributed by atoms with van der Waals surface area (Å²) in [4.78, 5) is 4.23. The highest BCUT2D eigenvalue weighted by Gasteiger charge is 2.20. The normalized spacial score (nSPS) is 14.9. The van der Waals surface area contributed by atoms with Gasteiger partial charge in [-0.3, -0.25) is 4.99 Å². The van der Waals surface area contributed by atoms with Gasteiger partial charge in [-0.1, -0.05) is 0 Å². The van der Waals surface area contributed by atoms with Gasteiger partial charge in [-0.15, -0.1) is 0 Å². The Morgan fingerprint density at radius 3 is 2.61 bits per heavy atom. The molecule has 0 atom stereocenters. The minimum Gasteiger partial charge on any atom is -0.491 e. The Morgan fingerprint density at radius 2 is 2.00 bits per heavy atom. The molecule has 1 aliphatic carbocycles. The molecule has 0 bridgehead atoms. The molecular formula is C18H29N3O2. The average molecular weight is 319 g/mol. The van der Waals surface area contributed by atoms with Crippen LogP contribution in [-0.2, 0) is 4.74 Å². The summed E-state index contributed by atoms with van der Waals surface area (Å²) < 4.78 is 11.3. The van der Waals surface area contributed by atoms with Crippen molar-refractivity contribution in [2.45, 2.75) is 39.2 Å². The average Bonchev–Trinajstić information content (AvgIpc) is 3.35. The van der Waals surface area contributed by atoms with E-state index in [2.05, 4.69) is 15.6 Å². The third-order valence-corrected chi connectivity index (χ3v) is 3.52. The first kappa shape index (κ1) is 17.6. The van der Waals surface area contributed by atoms with Gasteiger partial charge in [-0.05, 0) is 63.3 Å². The maximum atomic E-state index is 5.64. The Morgan fingerprint density at radius 1 is 1.26 bits per heavy atom. The van der Waals surface area contributed by atoms with Gasteiger partial charge in [0.05, 0.1) is 6.10 Å². The molecule has 1 fully saturated rings. The summed E-state index contributed by atoms with van der Waals surface area (Å²) in [6.07, 6.45) is 3.85. The topological polar surface area (TPSA) is 54.9 Å². The van der Waals surface area contributed by atoms with E-state index in [0.717, 1.165) is 49.5 Å². The van der Waals surface area contributed by atoms with Gasteiger partial charge in [-0.2, -0.15) is 0 Å². The molecule has 0 aromatic heterocycles. The van der Waals surface area contributed by atoms with Crippen molar-refractivity contribution in [3.8, 4) is 5.75 Å². The highest BCUT2D eigenvalue weighted by atomic mass is 16.5. The summed E-state index contributed by atoms with van der Waals surface area (Å²) in [6, 6.07) is 7.90. The van der Waals surface area contributed by atoms with E-state index < -0.39 is 0 Å². The number of benzene rings is 1. The van der Waals surface area contributed by atoms with E-state index in [4.69, 9.17) is 9.47 Å². The first-order valence-electron chi connectivity index (χ1n) is 8.49. The van der Waals surface area contributed by atoms with E-state index in [0.29, 0.717) is 0 Å². The Balaban J connectivity index is 1.64. The minimum absolute atomic E-state index is 0.186. The van der Waals surface area contributed by atoms with Crippen LogP contribution in [0, 0.1) is 5.92 Å². The molecule has 0 saturated heterocycles. The van der Waals surface area contributed by atoms with Crippen LogP contribution in [0.3, 0.4) is 0 Å².